The van der Waals surface area contributed by atoms with Crippen LogP contribution in [-0.2, 0) is 23.8 Å². The first-order chi connectivity index (χ1) is 21.3. The predicted molar refractivity (Wildman–Crippen MR) is 177 cm³/mol. The van der Waals surface area contributed by atoms with Crippen LogP contribution in [0.4, 0.5) is 5.69 Å². The van der Waals surface area contributed by atoms with Crippen LogP contribution in [0.25, 0.3) is 0 Å². The fraction of sp³-hybridized carbons (Fsp3) is 0.526. The molecule has 4 rings (SSSR count). The number of rotatable bonds is 6. The van der Waals surface area contributed by atoms with Crippen molar-refractivity contribution in [3.63, 3.8) is 0 Å². The van der Waals surface area contributed by atoms with E-state index >= 15 is 0 Å². The van der Waals surface area contributed by atoms with Crippen molar-refractivity contribution in [2.24, 2.45) is 11.8 Å². The smallest absolute Gasteiger partial charge is 0.309 e. The highest BCUT2D eigenvalue weighted by atomic mass is 16.5. The highest BCUT2D eigenvalue weighted by Crippen LogP contribution is 2.33. The predicted octanol–water partition coefficient (Wildman–Crippen LogP) is 8.43. The van der Waals surface area contributed by atoms with E-state index in [1.54, 1.807) is 0 Å². The van der Waals surface area contributed by atoms with Crippen molar-refractivity contribution < 1.29 is 23.8 Å². The minimum atomic E-state index is -0.402. The Morgan fingerprint density at radius 3 is 2.41 bits per heavy atom. The summed E-state index contributed by atoms with van der Waals surface area (Å²) in [6.45, 7) is 8.34. The third-order valence-electron chi connectivity index (χ3n) is 8.69. The fourth-order valence-electron chi connectivity index (χ4n) is 6.32. The summed E-state index contributed by atoms with van der Waals surface area (Å²) in [5.74, 6) is 0.0844. The molecule has 6 heteroatoms. The van der Waals surface area contributed by atoms with E-state index in [1.807, 2.05) is 67.6 Å². The Kier molecular flexibility index (Phi) is 13.2. The Morgan fingerprint density at radius 2 is 1.64 bits per heavy atom. The van der Waals surface area contributed by atoms with Gasteiger partial charge in [-0.1, -0.05) is 85.7 Å². The number of carbonyl (C=O) groups excluding carboxylic acids is 2. The van der Waals surface area contributed by atoms with Crippen molar-refractivity contribution in [1.29, 1.82) is 0 Å². The summed E-state index contributed by atoms with van der Waals surface area (Å²) in [5.41, 5.74) is 3.09. The number of ether oxygens (including phenoxy) is 3. The molecule has 7 atom stereocenters. The molecular formula is C38H51NO5. The molecule has 1 N–H and O–H groups in total. The van der Waals surface area contributed by atoms with Gasteiger partial charge in [-0.25, -0.2) is 0 Å². The van der Waals surface area contributed by atoms with Crippen LogP contribution >= 0.6 is 0 Å². The number of cyclic esters (lactones) is 1. The van der Waals surface area contributed by atoms with Crippen molar-refractivity contribution in [2.45, 2.75) is 116 Å². The Labute approximate surface area is 264 Å². The van der Waals surface area contributed by atoms with Crippen LogP contribution in [0, 0.1) is 11.8 Å². The molecule has 238 valence electrons. The van der Waals surface area contributed by atoms with Gasteiger partial charge in [0.15, 0.2) is 0 Å². The molecule has 7 unspecified atom stereocenters. The second kappa shape index (κ2) is 17.3. The summed E-state index contributed by atoms with van der Waals surface area (Å²) in [6.07, 6.45) is 23.7. The Balaban J connectivity index is 1.41. The topological polar surface area (TPSA) is 73.9 Å². The summed E-state index contributed by atoms with van der Waals surface area (Å²) in [5, 5.41) is 2.91. The largest absolute Gasteiger partial charge is 0.457 e. The molecular weight excluding hydrogens is 550 g/mol. The lowest BCUT2D eigenvalue weighted by Crippen LogP contribution is -2.37. The van der Waals surface area contributed by atoms with E-state index in [9.17, 15) is 9.59 Å². The van der Waals surface area contributed by atoms with Gasteiger partial charge in [-0.15, -0.1) is 0 Å². The average Bonchev–Trinajstić information content (AvgIpc) is 2.99. The van der Waals surface area contributed by atoms with E-state index in [1.165, 1.54) is 12.0 Å². The molecule has 0 radical (unpaired) electrons. The van der Waals surface area contributed by atoms with Crippen molar-refractivity contribution in [1.82, 2.24) is 0 Å². The molecule has 2 saturated heterocycles. The Morgan fingerprint density at radius 1 is 0.909 bits per heavy atom. The number of carbonyl (C=O) groups is 2. The number of esters is 1. The number of hydrogen-bond donors (Lipinski definition) is 1. The summed E-state index contributed by atoms with van der Waals surface area (Å²) in [4.78, 5) is 25.5. The summed E-state index contributed by atoms with van der Waals surface area (Å²) >= 11 is 0. The first-order valence-corrected chi connectivity index (χ1v) is 16.5. The first kappa shape index (κ1) is 33.7. The second-order valence-electron chi connectivity index (χ2n) is 12.8. The number of nitrogens with one attached hydrogen (secondary N) is 1. The number of amides is 1. The molecule has 0 aliphatic carbocycles. The van der Waals surface area contributed by atoms with Crippen LogP contribution in [0.5, 0.6) is 0 Å². The highest BCUT2D eigenvalue weighted by Gasteiger charge is 2.32. The number of allylic oxidation sites excluding steroid dienone is 6. The minimum Gasteiger partial charge on any atom is -0.457 e. The van der Waals surface area contributed by atoms with Gasteiger partial charge in [-0.3, -0.25) is 9.59 Å². The number of hydrogen-bond acceptors (Lipinski definition) is 5. The van der Waals surface area contributed by atoms with Gasteiger partial charge in [0, 0.05) is 24.4 Å². The van der Waals surface area contributed by atoms with Gasteiger partial charge in [-0.05, 0) is 76.5 Å². The van der Waals surface area contributed by atoms with Crippen LogP contribution in [-0.4, -0.2) is 42.4 Å². The van der Waals surface area contributed by atoms with Crippen molar-refractivity contribution in [3.8, 4) is 0 Å². The van der Waals surface area contributed by atoms with Gasteiger partial charge < -0.3 is 19.5 Å². The zero-order valence-electron chi connectivity index (χ0n) is 27.0. The number of benzene rings is 1. The zero-order valence-corrected chi connectivity index (χ0v) is 27.0. The van der Waals surface area contributed by atoms with Gasteiger partial charge in [0.1, 0.15) is 6.10 Å². The molecule has 6 nitrogen and oxygen atoms in total. The molecule has 1 amide bonds. The number of anilines is 1. The molecule has 1 aromatic rings. The van der Waals surface area contributed by atoms with Crippen LogP contribution in [0.2, 0.25) is 0 Å². The summed E-state index contributed by atoms with van der Waals surface area (Å²) in [7, 11) is 0. The molecule has 0 saturated carbocycles. The third-order valence-corrected chi connectivity index (χ3v) is 8.69. The highest BCUT2D eigenvalue weighted by molar-refractivity contribution is 5.92. The number of para-hydroxylation sites is 1. The lowest BCUT2D eigenvalue weighted by atomic mass is 9.90. The molecule has 2 fully saturated rings. The molecule has 1 aromatic carbocycles. The van der Waals surface area contributed by atoms with Gasteiger partial charge >= 0.3 is 5.97 Å². The fourth-order valence-corrected chi connectivity index (χ4v) is 6.32. The van der Waals surface area contributed by atoms with Gasteiger partial charge in [-0.2, -0.15) is 0 Å². The summed E-state index contributed by atoms with van der Waals surface area (Å²) in [6, 6.07) is 9.45. The molecule has 3 aliphatic rings. The van der Waals surface area contributed by atoms with Gasteiger partial charge in [0.2, 0.25) is 5.91 Å². The zero-order chi connectivity index (χ0) is 31.3. The maximum atomic E-state index is 13.2. The van der Waals surface area contributed by atoms with Crippen LogP contribution in [0.3, 0.4) is 0 Å². The molecule has 4 bridgehead atoms. The van der Waals surface area contributed by atoms with Crippen molar-refractivity contribution in [2.75, 3.05) is 5.32 Å². The monoisotopic (exact) mass is 601 g/mol. The quantitative estimate of drug-likeness (QED) is 0.201. The molecule has 3 aliphatic heterocycles. The Hall–Kier alpha value is -3.22. The van der Waals surface area contributed by atoms with Crippen molar-refractivity contribution in [3.05, 3.63) is 90.1 Å². The standard InChI is InChI=1S/C38H51NO5/c1-5-30-23-34-25-33-17-12-16-32(42-33)21-28(3)19-20-29(4)36(44-38(41)26-35(24-30)43-34)18-11-6-8-13-27(2)22-37(40)39-31-14-9-7-10-15-31/h5-11,13-15,18-20,28-29,32-36H,12,16-17,21-26H2,1-4H3,(H,39,40)/b8-6-,18-11+,20-19+,27-13+,30-5-. The molecule has 0 aromatic heterocycles. The maximum absolute atomic E-state index is 13.2. The SMILES string of the molecule is C/C=C1\CC2CC(=O)OC(/C=C/C=C\C=C(/C)CC(=O)Nc3ccccc3)C(C)/C=C/C(C)CC3CCCC(CC(C1)O2)O3. The van der Waals surface area contributed by atoms with Crippen molar-refractivity contribution >= 4 is 17.6 Å². The normalized spacial score (nSPS) is 32.5. The van der Waals surface area contributed by atoms with Gasteiger partial charge in [0.05, 0.1) is 30.8 Å². The minimum absolute atomic E-state index is 0.00376. The van der Waals surface area contributed by atoms with Crippen LogP contribution in [0.1, 0.15) is 85.5 Å². The lowest BCUT2D eigenvalue weighted by molar-refractivity contribution is -0.154. The Bertz CT molecular complexity index is 1230. The lowest BCUT2D eigenvalue weighted by Gasteiger charge is -2.37. The van der Waals surface area contributed by atoms with E-state index in [-0.39, 0.29) is 48.6 Å². The van der Waals surface area contributed by atoms with Crippen LogP contribution < -0.4 is 5.32 Å². The first-order valence-electron chi connectivity index (χ1n) is 16.5. The summed E-state index contributed by atoms with van der Waals surface area (Å²) < 4.78 is 19.1. The molecule has 3 heterocycles. The second-order valence-corrected chi connectivity index (χ2v) is 12.8. The molecule has 0 spiro atoms. The van der Waals surface area contributed by atoms with Gasteiger partial charge in [0.25, 0.3) is 0 Å². The van der Waals surface area contributed by atoms with E-state index in [4.69, 9.17) is 14.2 Å². The van der Waals surface area contributed by atoms with E-state index in [0.717, 1.165) is 49.8 Å². The van der Waals surface area contributed by atoms with E-state index in [2.05, 4.69) is 44.3 Å². The van der Waals surface area contributed by atoms with E-state index in [0.29, 0.717) is 12.3 Å². The average molecular weight is 602 g/mol. The molecule has 44 heavy (non-hydrogen) atoms. The van der Waals surface area contributed by atoms with Crippen LogP contribution in [0.15, 0.2) is 90.1 Å². The number of fused-ring (bicyclic) bond motifs is 4. The maximum Gasteiger partial charge on any atom is 0.309 e. The third kappa shape index (κ3) is 11.4. The van der Waals surface area contributed by atoms with E-state index < -0.39 is 6.10 Å².